The number of aromatic nitrogens is 4. The van der Waals surface area contributed by atoms with Crippen LogP contribution < -0.4 is 4.90 Å². The first-order chi connectivity index (χ1) is 13.5. The Kier molecular flexibility index (Phi) is 6.67. The summed E-state index contributed by atoms with van der Waals surface area (Å²) in [7, 11) is 0. The predicted octanol–water partition coefficient (Wildman–Crippen LogP) is 4.23. The first kappa shape index (κ1) is 20.3. The number of thioether (sulfide) groups is 1. The van der Waals surface area contributed by atoms with Crippen LogP contribution in [0.2, 0.25) is 0 Å². The monoisotopic (exact) mass is 397 g/mol. The van der Waals surface area contributed by atoms with Crippen LogP contribution in [0.15, 0.2) is 35.5 Å². The molecule has 0 radical (unpaired) electrons. The quantitative estimate of drug-likeness (QED) is 0.532. The Balaban J connectivity index is 1.75. The number of carbonyl (C=O) groups excluding carboxylic acids is 1. The van der Waals surface area contributed by atoms with Crippen LogP contribution in [0.5, 0.6) is 0 Å². The second-order valence-electron chi connectivity index (χ2n) is 6.73. The van der Waals surface area contributed by atoms with E-state index in [0.717, 1.165) is 36.3 Å². The van der Waals surface area contributed by atoms with Gasteiger partial charge in [0.1, 0.15) is 0 Å². The van der Waals surface area contributed by atoms with Crippen LogP contribution in [0.3, 0.4) is 0 Å². The second kappa shape index (κ2) is 9.19. The van der Waals surface area contributed by atoms with E-state index in [4.69, 9.17) is 0 Å². The van der Waals surface area contributed by atoms with E-state index in [1.54, 1.807) is 9.42 Å². The molecule has 28 heavy (non-hydrogen) atoms. The maximum atomic E-state index is 12.7. The van der Waals surface area contributed by atoms with Gasteiger partial charge in [0.05, 0.1) is 5.75 Å². The molecule has 1 amide bonds. The Bertz CT molecular complexity index is 954. The van der Waals surface area contributed by atoms with E-state index in [1.807, 2.05) is 44.2 Å². The van der Waals surface area contributed by atoms with Gasteiger partial charge in [-0.05, 0) is 51.3 Å². The standard InChI is InChI=1S/C21H27N5OS/c1-5-7-13-18-15(3)22-20-23-21(24-26(20)16(18)4)28-14-19(27)25(6-2)17-11-9-8-10-12-17/h8-12H,5-7,13-14H2,1-4H3. The van der Waals surface area contributed by atoms with Crippen LogP contribution in [0.4, 0.5) is 5.69 Å². The van der Waals surface area contributed by atoms with Gasteiger partial charge in [-0.25, -0.2) is 9.50 Å². The number of unbranched alkanes of at least 4 members (excludes halogenated alkanes) is 1. The molecule has 2 aromatic heterocycles. The first-order valence-electron chi connectivity index (χ1n) is 9.76. The molecule has 0 saturated carbocycles. The number of hydrogen-bond acceptors (Lipinski definition) is 5. The molecule has 0 atom stereocenters. The van der Waals surface area contributed by atoms with Gasteiger partial charge in [0.25, 0.3) is 5.78 Å². The van der Waals surface area contributed by atoms with Gasteiger partial charge in [-0.1, -0.05) is 43.3 Å². The van der Waals surface area contributed by atoms with E-state index in [9.17, 15) is 4.79 Å². The van der Waals surface area contributed by atoms with Crippen molar-refractivity contribution in [2.45, 2.75) is 52.1 Å². The number of aryl methyl sites for hydroxylation is 2. The lowest BCUT2D eigenvalue weighted by atomic mass is 10.1. The summed E-state index contributed by atoms with van der Waals surface area (Å²) in [6.45, 7) is 8.89. The average molecular weight is 398 g/mol. The molecule has 0 unspecified atom stereocenters. The molecular formula is C21H27N5OS. The fourth-order valence-electron chi connectivity index (χ4n) is 3.28. The number of nitrogens with zero attached hydrogens (tertiary/aromatic N) is 5. The van der Waals surface area contributed by atoms with Gasteiger partial charge in [-0.15, -0.1) is 5.10 Å². The third kappa shape index (κ3) is 4.35. The van der Waals surface area contributed by atoms with E-state index in [0.29, 0.717) is 23.2 Å². The maximum Gasteiger partial charge on any atom is 0.253 e. The summed E-state index contributed by atoms with van der Waals surface area (Å²) in [4.78, 5) is 23.6. The third-order valence-corrected chi connectivity index (χ3v) is 5.64. The van der Waals surface area contributed by atoms with Gasteiger partial charge in [0.2, 0.25) is 11.1 Å². The minimum absolute atomic E-state index is 0.0436. The lowest BCUT2D eigenvalue weighted by Gasteiger charge is -2.20. The highest BCUT2D eigenvalue weighted by Gasteiger charge is 2.17. The van der Waals surface area contributed by atoms with Gasteiger partial charge in [0, 0.05) is 23.6 Å². The molecule has 3 rings (SSSR count). The van der Waals surface area contributed by atoms with Crippen molar-refractivity contribution in [1.29, 1.82) is 0 Å². The van der Waals surface area contributed by atoms with E-state index in [1.165, 1.54) is 17.3 Å². The molecule has 0 bridgehead atoms. The summed E-state index contributed by atoms with van der Waals surface area (Å²) in [6, 6.07) is 9.72. The van der Waals surface area contributed by atoms with Gasteiger partial charge >= 0.3 is 0 Å². The van der Waals surface area contributed by atoms with Crippen LogP contribution >= 0.6 is 11.8 Å². The Morgan fingerprint density at radius 3 is 2.57 bits per heavy atom. The Morgan fingerprint density at radius 2 is 1.89 bits per heavy atom. The molecule has 148 valence electrons. The summed E-state index contributed by atoms with van der Waals surface area (Å²) in [5.41, 5.74) is 4.25. The van der Waals surface area contributed by atoms with Crippen molar-refractivity contribution in [3.8, 4) is 0 Å². The van der Waals surface area contributed by atoms with Gasteiger partial charge < -0.3 is 4.90 Å². The van der Waals surface area contributed by atoms with Crippen molar-refractivity contribution < 1.29 is 4.79 Å². The molecular weight excluding hydrogens is 370 g/mol. The van der Waals surface area contributed by atoms with Crippen LogP contribution in [0.1, 0.15) is 43.6 Å². The normalized spacial score (nSPS) is 11.1. The van der Waals surface area contributed by atoms with Crippen LogP contribution in [0.25, 0.3) is 5.78 Å². The maximum absolute atomic E-state index is 12.7. The van der Waals surface area contributed by atoms with E-state index in [-0.39, 0.29) is 5.91 Å². The Labute approximate surface area is 170 Å². The molecule has 0 aliphatic heterocycles. The first-order valence-corrected chi connectivity index (χ1v) is 10.7. The van der Waals surface area contributed by atoms with E-state index < -0.39 is 0 Å². The number of hydrogen-bond donors (Lipinski definition) is 0. The predicted molar refractivity (Wildman–Crippen MR) is 114 cm³/mol. The summed E-state index contributed by atoms with van der Waals surface area (Å²) >= 11 is 1.36. The largest absolute Gasteiger partial charge is 0.312 e. The fourth-order valence-corrected chi connectivity index (χ4v) is 3.98. The minimum Gasteiger partial charge on any atom is -0.312 e. The number of fused-ring (bicyclic) bond motifs is 1. The van der Waals surface area contributed by atoms with Crippen molar-refractivity contribution >= 4 is 29.1 Å². The van der Waals surface area contributed by atoms with E-state index in [2.05, 4.69) is 28.9 Å². The molecule has 0 saturated heterocycles. The summed E-state index contributed by atoms with van der Waals surface area (Å²) in [5.74, 6) is 0.933. The third-order valence-electron chi connectivity index (χ3n) is 4.82. The van der Waals surface area contributed by atoms with Crippen molar-refractivity contribution in [1.82, 2.24) is 19.6 Å². The lowest BCUT2D eigenvalue weighted by Crippen LogP contribution is -2.32. The number of rotatable bonds is 8. The zero-order chi connectivity index (χ0) is 20.1. The summed E-state index contributed by atoms with van der Waals surface area (Å²) in [5, 5.41) is 5.17. The Hall–Kier alpha value is -2.41. The highest BCUT2D eigenvalue weighted by Crippen LogP contribution is 2.21. The molecule has 3 aromatic rings. The number of benzene rings is 1. The van der Waals surface area contributed by atoms with Crippen molar-refractivity contribution in [2.24, 2.45) is 0 Å². The molecule has 7 heteroatoms. The fraction of sp³-hybridized carbons (Fsp3) is 0.429. The summed E-state index contributed by atoms with van der Waals surface area (Å²) in [6.07, 6.45) is 3.28. The van der Waals surface area contributed by atoms with E-state index >= 15 is 0 Å². The molecule has 0 spiro atoms. The molecule has 0 fully saturated rings. The molecule has 1 aromatic carbocycles. The lowest BCUT2D eigenvalue weighted by molar-refractivity contribution is -0.116. The Morgan fingerprint density at radius 1 is 1.14 bits per heavy atom. The highest BCUT2D eigenvalue weighted by atomic mass is 32.2. The van der Waals surface area contributed by atoms with Crippen molar-refractivity contribution in [2.75, 3.05) is 17.2 Å². The van der Waals surface area contributed by atoms with Gasteiger partial charge in [0.15, 0.2) is 0 Å². The zero-order valence-corrected chi connectivity index (χ0v) is 17.8. The minimum atomic E-state index is 0.0436. The van der Waals surface area contributed by atoms with Crippen LogP contribution in [0, 0.1) is 13.8 Å². The average Bonchev–Trinajstić information content (AvgIpc) is 3.11. The highest BCUT2D eigenvalue weighted by molar-refractivity contribution is 7.99. The summed E-state index contributed by atoms with van der Waals surface area (Å²) < 4.78 is 1.81. The number of amides is 1. The van der Waals surface area contributed by atoms with Gasteiger partial charge in [-0.2, -0.15) is 4.98 Å². The SMILES string of the molecule is CCCCc1c(C)nc2nc(SCC(=O)N(CC)c3ccccc3)nn2c1C. The second-order valence-corrected chi connectivity index (χ2v) is 7.68. The van der Waals surface area contributed by atoms with Crippen LogP contribution in [-0.4, -0.2) is 37.8 Å². The van der Waals surface area contributed by atoms with Gasteiger partial charge in [-0.3, -0.25) is 4.79 Å². The van der Waals surface area contributed by atoms with Crippen molar-refractivity contribution in [3.05, 3.63) is 47.3 Å². The number of para-hydroxylation sites is 1. The topological polar surface area (TPSA) is 63.4 Å². The van der Waals surface area contributed by atoms with Crippen LogP contribution in [-0.2, 0) is 11.2 Å². The molecule has 0 N–H and O–H groups in total. The molecule has 6 nitrogen and oxygen atoms in total. The molecule has 2 heterocycles. The molecule has 0 aliphatic carbocycles. The number of anilines is 1. The smallest absolute Gasteiger partial charge is 0.253 e. The molecule has 0 aliphatic rings. The van der Waals surface area contributed by atoms with Crippen molar-refractivity contribution in [3.63, 3.8) is 0 Å². The number of carbonyl (C=O) groups is 1. The zero-order valence-electron chi connectivity index (χ0n) is 17.0.